The van der Waals surface area contributed by atoms with Crippen LogP contribution in [0.3, 0.4) is 0 Å². The summed E-state index contributed by atoms with van der Waals surface area (Å²) < 4.78 is 0. The molecular formula is C27H58P+. The van der Waals surface area contributed by atoms with Crippen LogP contribution in [0, 0.1) is 0 Å². The molecule has 0 saturated heterocycles. The average Bonchev–Trinajstić information content (AvgIpc) is 2.72. The van der Waals surface area contributed by atoms with E-state index in [-0.39, 0.29) is 0 Å². The number of hydrogen-bond donors (Lipinski definition) is 0. The van der Waals surface area contributed by atoms with Crippen LogP contribution < -0.4 is 0 Å². The lowest BCUT2D eigenvalue weighted by molar-refractivity contribution is 0.542. The molecule has 0 N–H and O–H groups in total. The molecule has 0 nitrogen and oxygen atoms in total. The first-order valence-electron chi connectivity index (χ1n) is 13.6. The summed E-state index contributed by atoms with van der Waals surface area (Å²) >= 11 is 0. The maximum Gasteiger partial charge on any atom is 0.0594 e. The van der Waals surface area contributed by atoms with Gasteiger partial charge in [0.15, 0.2) is 0 Å². The molecule has 0 rings (SSSR count). The van der Waals surface area contributed by atoms with E-state index >= 15 is 0 Å². The number of rotatable bonds is 23. The lowest BCUT2D eigenvalue weighted by atomic mass is 10.1. The molecule has 0 bridgehead atoms. The zero-order chi connectivity index (χ0) is 20.8. The van der Waals surface area contributed by atoms with Crippen LogP contribution in [0.25, 0.3) is 0 Å². The fourth-order valence-electron chi connectivity index (χ4n) is 4.62. The molecule has 0 aromatic carbocycles. The van der Waals surface area contributed by atoms with Gasteiger partial charge in [-0.2, -0.15) is 0 Å². The van der Waals surface area contributed by atoms with E-state index in [1.54, 1.807) is 31.1 Å². The van der Waals surface area contributed by atoms with Crippen LogP contribution in [0.4, 0.5) is 0 Å². The second-order valence-electron chi connectivity index (χ2n) is 9.54. The van der Waals surface area contributed by atoms with Crippen molar-refractivity contribution in [3.05, 3.63) is 0 Å². The van der Waals surface area contributed by atoms with Crippen LogP contribution in [0.5, 0.6) is 0 Å². The van der Waals surface area contributed by atoms with Crippen molar-refractivity contribution in [2.45, 2.75) is 150 Å². The van der Waals surface area contributed by atoms with Crippen molar-refractivity contribution in [3.63, 3.8) is 0 Å². The highest BCUT2D eigenvalue weighted by Gasteiger charge is 2.34. The van der Waals surface area contributed by atoms with E-state index in [4.69, 9.17) is 0 Å². The quantitative estimate of drug-likeness (QED) is 0.115. The molecule has 28 heavy (non-hydrogen) atoms. The predicted octanol–water partition coefficient (Wildman–Crippen LogP) is 10.5. The molecular weight excluding hydrogens is 355 g/mol. The van der Waals surface area contributed by atoms with E-state index in [1.807, 2.05) is 0 Å². The Kier molecular flexibility index (Phi) is 22.5. The van der Waals surface area contributed by atoms with Crippen molar-refractivity contribution in [2.24, 2.45) is 0 Å². The second kappa shape index (κ2) is 22.1. The summed E-state index contributed by atoms with van der Waals surface area (Å²) in [5.41, 5.74) is 0. The fraction of sp³-hybridized carbons (Fsp3) is 1.00. The van der Waals surface area contributed by atoms with Crippen LogP contribution in [0.2, 0.25) is 0 Å². The Morgan fingerprint density at radius 2 is 0.536 bits per heavy atom. The Balaban J connectivity index is 3.84. The van der Waals surface area contributed by atoms with E-state index in [0.717, 1.165) is 0 Å². The molecule has 0 fully saturated rings. The van der Waals surface area contributed by atoms with Crippen LogP contribution in [0.15, 0.2) is 0 Å². The summed E-state index contributed by atoms with van der Waals surface area (Å²) in [6.07, 6.45) is 34.5. The summed E-state index contributed by atoms with van der Waals surface area (Å²) in [6.45, 7) is 9.47. The number of hydrogen-bond acceptors (Lipinski definition) is 0. The first kappa shape index (κ1) is 28.4. The zero-order valence-electron chi connectivity index (χ0n) is 20.7. The molecule has 0 saturated carbocycles. The summed E-state index contributed by atoms with van der Waals surface area (Å²) in [5.74, 6) is 0. The molecule has 0 aromatic rings. The van der Waals surface area contributed by atoms with Crippen LogP contribution in [-0.4, -0.2) is 24.6 Å². The Hall–Kier alpha value is 0.430. The van der Waals surface area contributed by atoms with Crippen molar-refractivity contribution in [1.82, 2.24) is 0 Å². The molecule has 0 aliphatic heterocycles. The monoisotopic (exact) mass is 413 g/mol. The summed E-state index contributed by atoms with van der Waals surface area (Å²) in [5, 5.41) is 0. The Bertz CT molecular complexity index is 264. The minimum atomic E-state index is -0.628. The van der Waals surface area contributed by atoms with Gasteiger partial charge >= 0.3 is 0 Å². The van der Waals surface area contributed by atoms with E-state index in [9.17, 15) is 0 Å². The molecule has 0 radical (unpaired) electrons. The third-order valence-electron chi connectivity index (χ3n) is 6.69. The molecule has 0 atom stereocenters. The van der Waals surface area contributed by atoms with E-state index in [1.165, 1.54) is 116 Å². The topological polar surface area (TPSA) is 0 Å². The Morgan fingerprint density at radius 3 is 0.857 bits per heavy atom. The SMILES string of the molecule is CCCCCCCCCCCCCCC[P+](CCCC)(CCCC)CCCC. The van der Waals surface area contributed by atoms with Gasteiger partial charge in [0.2, 0.25) is 0 Å². The van der Waals surface area contributed by atoms with Gasteiger partial charge in [0.05, 0.1) is 24.6 Å². The largest absolute Gasteiger partial charge is 0.0654 e. The van der Waals surface area contributed by atoms with Gasteiger partial charge in [-0.1, -0.05) is 118 Å². The third kappa shape index (κ3) is 17.3. The second-order valence-corrected chi connectivity index (χ2v) is 14.0. The molecule has 0 amide bonds. The molecule has 170 valence electrons. The lowest BCUT2D eigenvalue weighted by Crippen LogP contribution is -2.13. The van der Waals surface area contributed by atoms with Crippen LogP contribution in [-0.2, 0) is 0 Å². The maximum atomic E-state index is 2.39. The van der Waals surface area contributed by atoms with Crippen molar-refractivity contribution < 1.29 is 0 Å². The first-order valence-corrected chi connectivity index (χ1v) is 16.1. The van der Waals surface area contributed by atoms with Gasteiger partial charge in [-0.15, -0.1) is 0 Å². The normalized spacial score (nSPS) is 12.0. The van der Waals surface area contributed by atoms with Crippen molar-refractivity contribution in [1.29, 1.82) is 0 Å². The maximum absolute atomic E-state index is 2.39. The molecule has 1 heteroatoms. The lowest BCUT2D eigenvalue weighted by Gasteiger charge is -2.28. The van der Waals surface area contributed by atoms with Gasteiger partial charge in [-0.05, 0) is 32.1 Å². The van der Waals surface area contributed by atoms with Crippen molar-refractivity contribution >= 4 is 7.26 Å². The summed E-state index contributed by atoms with van der Waals surface area (Å²) in [7, 11) is -0.628. The van der Waals surface area contributed by atoms with Gasteiger partial charge in [-0.25, -0.2) is 0 Å². The average molecular weight is 414 g/mol. The minimum Gasteiger partial charge on any atom is -0.0654 e. The van der Waals surface area contributed by atoms with Gasteiger partial charge in [0.1, 0.15) is 0 Å². The zero-order valence-corrected chi connectivity index (χ0v) is 21.6. The van der Waals surface area contributed by atoms with Crippen molar-refractivity contribution in [3.8, 4) is 0 Å². The molecule has 0 spiro atoms. The molecule has 0 aromatic heterocycles. The summed E-state index contributed by atoms with van der Waals surface area (Å²) in [6, 6.07) is 0. The molecule has 0 unspecified atom stereocenters. The van der Waals surface area contributed by atoms with E-state index < -0.39 is 7.26 Å². The Labute approximate surface area is 181 Å². The van der Waals surface area contributed by atoms with E-state index in [2.05, 4.69) is 27.7 Å². The minimum absolute atomic E-state index is 0.628. The van der Waals surface area contributed by atoms with Gasteiger partial charge in [0.25, 0.3) is 0 Å². The Morgan fingerprint density at radius 1 is 0.286 bits per heavy atom. The standard InChI is InChI=1S/C27H58P/c1-5-9-13-14-15-16-17-18-19-20-21-22-23-27-28(24-10-6-2,25-11-7-3)26-12-8-4/h5-27H2,1-4H3/q+1. The van der Waals surface area contributed by atoms with Gasteiger partial charge in [-0.3, -0.25) is 0 Å². The van der Waals surface area contributed by atoms with Crippen LogP contribution >= 0.6 is 7.26 Å². The highest BCUT2D eigenvalue weighted by Crippen LogP contribution is 2.61. The molecule has 0 heterocycles. The highest BCUT2D eigenvalue weighted by molar-refractivity contribution is 7.75. The molecule has 0 aliphatic carbocycles. The van der Waals surface area contributed by atoms with Crippen LogP contribution in [0.1, 0.15) is 150 Å². The van der Waals surface area contributed by atoms with Gasteiger partial charge < -0.3 is 0 Å². The fourth-order valence-corrected chi connectivity index (χ4v) is 9.81. The third-order valence-corrected chi connectivity index (χ3v) is 11.8. The smallest absolute Gasteiger partial charge is 0.0594 e. The van der Waals surface area contributed by atoms with E-state index in [0.29, 0.717) is 0 Å². The first-order chi connectivity index (χ1) is 13.7. The summed E-state index contributed by atoms with van der Waals surface area (Å²) in [4.78, 5) is 0. The highest BCUT2D eigenvalue weighted by atomic mass is 31.2. The molecule has 0 aliphatic rings. The number of unbranched alkanes of at least 4 members (excludes halogenated alkanes) is 15. The predicted molar refractivity (Wildman–Crippen MR) is 137 cm³/mol. The van der Waals surface area contributed by atoms with Crippen molar-refractivity contribution in [2.75, 3.05) is 24.6 Å². The van der Waals surface area contributed by atoms with Gasteiger partial charge in [0, 0.05) is 7.26 Å².